The van der Waals surface area contributed by atoms with E-state index < -0.39 is 16.1 Å². The monoisotopic (exact) mass is 551 g/mol. The second-order valence-corrected chi connectivity index (χ2v) is 11.8. The Morgan fingerprint density at radius 2 is 1.81 bits per heavy atom. The number of carbonyl (C=O) groups is 2. The molecular weight excluding hydrogens is 517 g/mol. The molecule has 0 spiro atoms. The van der Waals surface area contributed by atoms with Crippen molar-refractivity contribution in [3.8, 4) is 0 Å². The number of benzene rings is 2. The third-order valence-corrected chi connectivity index (χ3v) is 8.03. The average Bonchev–Trinajstić information content (AvgIpc) is 3.35. The molecule has 1 saturated carbocycles. The van der Waals surface area contributed by atoms with E-state index in [0.29, 0.717) is 22.7 Å². The first kappa shape index (κ1) is 28.9. The Hall–Kier alpha value is -2.65. The summed E-state index contributed by atoms with van der Waals surface area (Å²) in [5, 5.41) is 3.50. The highest BCUT2D eigenvalue weighted by atomic mass is 35.5. The van der Waals surface area contributed by atoms with Crippen molar-refractivity contribution in [2.24, 2.45) is 0 Å². The Morgan fingerprint density at radius 1 is 1.14 bits per heavy atom. The fourth-order valence-corrected chi connectivity index (χ4v) is 5.85. The predicted octanol–water partition coefficient (Wildman–Crippen LogP) is 4.89. The van der Waals surface area contributed by atoms with E-state index in [1.54, 1.807) is 36.4 Å². The molecule has 0 aromatic heterocycles. The molecule has 1 atom stereocenters. The molecule has 0 radical (unpaired) electrons. The van der Waals surface area contributed by atoms with Gasteiger partial charge in [0.1, 0.15) is 11.9 Å². The molecule has 1 aliphatic carbocycles. The van der Waals surface area contributed by atoms with Crippen LogP contribution in [-0.2, 0) is 26.2 Å². The van der Waals surface area contributed by atoms with Gasteiger partial charge in [-0.1, -0.05) is 49.6 Å². The number of rotatable bonds is 12. The molecule has 2 aromatic rings. The second kappa shape index (κ2) is 13.2. The van der Waals surface area contributed by atoms with Crippen LogP contribution in [-0.4, -0.2) is 50.0 Å². The number of amides is 2. The molecule has 1 N–H and O–H groups in total. The van der Waals surface area contributed by atoms with Crippen molar-refractivity contribution in [3.63, 3.8) is 0 Å². The number of anilines is 1. The highest BCUT2D eigenvalue weighted by molar-refractivity contribution is 7.92. The van der Waals surface area contributed by atoms with Crippen LogP contribution in [0.3, 0.4) is 0 Å². The lowest BCUT2D eigenvalue weighted by atomic mass is 10.1. The standard InChI is InChI=1S/C27H35ClFN3O4S/c1-3-25(27(34)30-23-9-4-5-10-23)31(19-20-13-15-22(29)16-14-20)26(33)12-7-17-32(37(2,35)36)24-11-6-8-21(28)18-24/h6,8,11,13-16,18,23,25H,3-5,7,9-10,12,17,19H2,1-2H3,(H,30,34)/t25-/m0/s1. The van der Waals surface area contributed by atoms with E-state index in [0.717, 1.165) is 31.9 Å². The van der Waals surface area contributed by atoms with Gasteiger partial charge in [-0.05, 0) is 61.6 Å². The van der Waals surface area contributed by atoms with Crippen LogP contribution in [0.25, 0.3) is 0 Å². The molecule has 0 saturated heterocycles. The van der Waals surface area contributed by atoms with Crippen LogP contribution in [0.2, 0.25) is 5.02 Å². The first-order chi connectivity index (χ1) is 17.6. The zero-order valence-corrected chi connectivity index (χ0v) is 22.9. The van der Waals surface area contributed by atoms with Gasteiger partial charge in [0.05, 0.1) is 11.9 Å². The lowest BCUT2D eigenvalue weighted by Gasteiger charge is -2.32. The number of sulfonamides is 1. The lowest BCUT2D eigenvalue weighted by molar-refractivity contribution is -0.141. The number of hydrogen-bond donors (Lipinski definition) is 1. The van der Waals surface area contributed by atoms with Gasteiger partial charge < -0.3 is 10.2 Å². The Kier molecular flexibility index (Phi) is 10.3. The minimum Gasteiger partial charge on any atom is -0.352 e. The Labute approximate surface area is 224 Å². The molecule has 37 heavy (non-hydrogen) atoms. The number of nitrogens with one attached hydrogen (secondary N) is 1. The molecule has 7 nitrogen and oxygen atoms in total. The maximum absolute atomic E-state index is 13.5. The lowest BCUT2D eigenvalue weighted by Crippen LogP contribution is -2.51. The van der Waals surface area contributed by atoms with Crippen LogP contribution >= 0.6 is 11.6 Å². The molecule has 1 fully saturated rings. The highest BCUT2D eigenvalue weighted by Crippen LogP contribution is 2.23. The minimum atomic E-state index is -3.60. The fourth-order valence-electron chi connectivity index (χ4n) is 4.71. The Morgan fingerprint density at radius 3 is 2.41 bits per heavy atom. The van der Waals surface area contributed by atoms with E-state index in [9.17, 15) is 22.4 Å². The van der Waals surface area contributed by atoms with E-state index in [1.807, 2.05) is 6.92 Å². The van der Waals surface area contributed by atoms with Crippen LogP contribution in [0.1, 0.15) is 57.4 Å². The summed E-state index contributed by atoms with van der Waals surface area (Å²) in [6.07, 6.45) is 5.82. The SMILES string of the molecule is CC[C@@H](C(=O)NC1CCCC1)N(Cc1ccc(F)cc1)C(=O)CCCN(c1cccc(Cl)c1)S(C)(=O)=O. The number of halogens is 2. The largest absolute Gasteiger partial charge is 0.352 e. The molecule has 0 unspecified atom stereocenters. The average molecular weight is 552 g/mol. The van der Waals surface area contributed by atoms with Crippen molar-refractivity contribution in [3.05, 3.63) is 64.9 Å². The van der Waals surface area contributed by atoms with Crippen molar-refractivity contribution in [2.75, 3.05) is 17.1 Å². The maximum atomic E-state index is 13.5. The van der Waals surface area contributed by atoms with E-state index >= 15 is 0 Å². The molecule has 2 amide bonds. The Bertz CT molecular complexity index is 1170. The summed E-state index contributed by atoms with van der Waals surface area (Å²) >= 11 is 6.05. The molecule has 2 aromatic carbocycles. The summed E-state index contributed by atoms with van der Waals surface area (Å²) < 4.78 is 39.6. The zero-order valence-electron chi connectivity index (χ0n) is 21.3. The van der Waals surface area contributed by atoms with E-state index in [2.05, 4.69) is 5.32 Å². The first-order valence-electron chi connectivity index (χ1n) is 12.7. The minimum absolute atomic E-state index is 0.0426. The van der Waals surface area contributed by atoms with Gasteiger partial charge in [-0.2, -0.15) is 0 Å². The molecule has 0 heterocycles. The molecule has 10 heteroatoms. The predicted molar refractivity (Wildman–Crippen MR) is 144 cm³/mol. The van der Waals surface area contributed by atoms with Gasteiger partial charge in [0.15, 0.2) is 0 Å². The quantitative estimate of drug-likeness (QED) is 0.407. The van der Waals surface area contributed by atoms with E-state index in [-0.39, 0.29) is 49.6 Å². The molecule has 0 aliphatic heterocycles. The summed E-state index contributed by atoms with van der Waals surface area (Å²) in [5.74, 6) is -0.839. The molecule has 0 bridgehead atoms. The molecule has 202 valence electrons. The Balaban J connectivity index is 1.75. The maximum Gasteiger partial charge on any atom is 0.243 e. The zero-order chi connectivity index (χ0) is 27.0. The van der Waals surface area contributed by atoms with Crippen molar-refractivity contribution in [1.82, 2.24) is 10.2 Å². The smallest absolute Gasteiger partial charge is 0.243 e. The van der Waals surface area contributed by atoms with Gasteiger partial charge in [-0.25, -0.2) is 12.8 Å². The molecule has 1 aliphatic rings. The third-order valence-electron chi connectivity index (χ3n) is 6.60. The summed E-state index contributed by atoms with van der Waals surface area (Å²) in [7, 11) is -3.60. The van der Waals surface area contributed by atoms with Gasteiger partial charge in [0.2, 0.25) is 21.8 Å². The van der Waals surface area contributed by atoms with E-state index in [4.69, 9.17) is 11.6 Å². The number of hydrogen-bond acceptors (Lipinski definition) is 4. The van der Waals surface area contributed by atoms with Crippen molar-refractivity contribution in [1.29, 1.82) is 0 Å². The summed E-state index contributed by atoms with van der Waals surface area (Å²) in [4.78, 5) is 28.2. The number of carbonyl (C=O) groups excluding carboxylic acids is 2. The summed E-state index contributed by atoms with van der Waals surface area (Å²) in [6, 6.07) is 11.8. The van der Waals surface area contributed by atoms with Crippen LogP contribution in [0.15, 0.2) is 48.5 Å². The summed E-state index contributed by atoms with van der Waals surface area (Å²) in [6.45, 7) is 2.09. The van der Waals surface area contributed by atoms with Gasteiger partial charge in [0, 0.05) is 30.6 Å². The van der Waals surface area contributed by atoms with Gasteiger partial charge >= 0.3 is 0 Å². The molecular formula is C27H35ClFN3O4S. The van der Waals surface area contributed by atoms with Crippen LogP contribution in [0.5, 0.6) is 0 Å². The fraction of sp³-hybridized carbons (Fsp3) is 0.481. The van der Waals surface area contributed by atoms with E-state index in [1.165, 1.54) is 21.3 Å². The first-order valence-corrected chi connectivity index (χ1v) is 14.9. The van der Waals surface area contributed by atoms with Gasteiger partial charge in [-0.15, -0.1) is 0 Å². The summed E-state index contributed by atoms with van der Waals surface area (Å²) in [5.41, 5.74) is 1.13. The van der Waals surface area contributed by atoms with Gasteiger partial charge in [0.25, 0.3) is 0 Å². The van der Waals surface area contributed by atoms with Crippen LogP contribution < -0.4 is 9.62 Å². The third kappa shape index (κ3) is 8.43. The van der Waals surface area contributed by atoms with Gasteiger partial charge in [-0.3, -0.25) is 13.9 Å². The number of nitrogens with zero attached hydrogens (tertiary/aromatic N) is 2. The topological polar surface area (TPSA) is 86.8 Å². The molecule has 3 rings (SSSR count). The second-order valence-electron chi connectivity index (χ2n) is 9.48. The van der Waals surface area contributed by atoms with Crippen LogP contribution in [0, 0.1) is 5.82 Å². The van der Waals surface area contributed by atoms with Crippen molar-refractivity contribution >= 4 is 39.1 Å². The van der Waals surface area contributed by atoms with Crippen LogP contribution in [0.4, 0.5) is 10.1 Å². The highest BCUT2D eigenvalue weighted by Gasteiger charge is 2.30. The van der Waals surface area contributed by atoms with Crippen molar-refractivity contribution < 1.29 is 22.4 Å². The normalized spacial score (nSPS) is 14.8. The van der Waals surface area contributed by atoms with Crippen molar-refractivity contribution in [2.45, 2.75) is 70.5 Å².